The predicted octanol–water partition coefficient (Wildman–Crippen LogP) is 8.75. The second kappa shape index (κ2) is 11.7. The van der Waals surface area contributed by atoms with Gasteiger partial charge in [-0.15, -0.1) is 11.6 Å². The topological polar surface area (TPSA) is 63.3 Å². The number of pyridine rings is 1. The van der Waals surface area contributed by atoms with Crippen molar-refractivity contribution in [2.45, 2.75) is 20.8 Å². The van der Waals surface area contributed by atoms with Gasteiger partial charge in [0, 0.05) is 37.8 Å². The van der Waals surface area contributed by atoms with E-state index in [9.17, 15) is 9.18 Å². The maximum absolute atomic E-state index is 14.3. The molecule has 0 saturated carbocycles. The van der Waals surface area contributed by atoms with E-state index in [4.69, 9.17) is 9.52 Å². The van der Waals surface area contributed by atoms with E-state index in [-0.39, 0.29) is 37.5 Å². The molecule has 0 fully saturated rings. The minimum atomic E-state index is -0.219. The Labute approximate surface area is 239 Å². The molecule has 2 aromatic heterocycles. The van der Waals surface area contributed by atoms with Crippen molar-refractivity contribution in [1.82, 2.24) is 4.98 Å². The molecule has 0 unspecified atom stereocenters. The monoisotopic (exact) mass is 695 g/mol. The standard InChI is InChI=1S/C28H17FNO.C5H8O2.Ir/c1-17-14-25-24(18-6-3-2-4-7-18)15-19(16-27(25)31-17)28-23-11-10-22-20(8-5-9-26(22)29)21(23)12-13-30-28;1-4(6)3-5(2)7;/h2-15H,1H3;3,6H,1-2H3;/q-1;;/b;4-3-;. The third-order valence-electron chi connectivity index (χ3n) is 6.18. The van der Waals surface area contributed by atoms with Crippen molar-refractivity contribution < 1.29 is 38.8 Å². The molecule has 1 radical (unpaired) electrons. The molecule has 0 aliphatic carbocycles. The minimum Gasteiger partial charge on any atom is -0.512 e. The molecule has 0 spiro atoms. The quantitative estimate of drug-likeness (QED) is 0.0872. The molecular weight excluding hydrogens is 670 g/mol. The Morgan fingerprint density at radius 1 is 0.897 bits per heavy atom. The summed E-state index contributed by atoms with van der Waals surface area (Å²) in [7, 11) is 0. The molecule has 0 amide bonds. The molecule has 0 aliphatic rings. The molecule has 0 saturated heterocycles. The number of hydrogen-bond acceptors (Lipinski definition) is 4. The van der Waals surface area contributed by atoms with Gasteiger partial charge < -0.3 is 14.5 Å². The molecule has 1 N–H and O–H groups in total. The van der Waals surface area contributed by atoms with Gasteiger partial charge in [-0.3, -0.25) is 4.79 Å². The number of rotatable bonds is 3. The molecule has 0 bridgehead atoms. The molecule has 2 heterocycles. The number of hydrogen-bond donors (Lipinski definition) is 1. The zero-order chi connectivity index (χ0) is 26.8. The van der Waals surface area contributed by atoms with Crippen LogP contribution in [0.1, 0.15) is 19.6 Å². The first-order valence-electron chi connectivity index (χ1n) is 12.2. The summed E-state index contributed by atoms with van der Waals surface area (Å²) in [4.78, 5) is 14.7. The van der Waals surface area contributed by atoms with Gasteiger partial charge in [-0.05, 0) is 60.3 Å². The summed E-state index contributed by atoms with van der Waals surface area (Å²) >= 11 is 0. The molecule has 6 aromatic rings. The second-order valence-corrected chi connectivity index (χ2v) is 9.11. The van der Waals surface area contributed by atoms with Gasteiger partial charge in [0.05, 0.1) is 17.1 Å². The van der Waals surface area contributed by atoms with Crippen molar-refractivity contribution in [3.8, 4) is 22.4 Å². The number of aryl methyl sites for hydroxylation is 1. The van der Waals surface area contributed by atoms with Crippen LogP contribution in [0.15, 0.2) is 101 Å². The van der Waals surface area contributed by atoms with E-state index in [0.717, 1.165) is 49.7 Å². The Morgan fingerprint density at radius 3 is 2.31 bits per heavy atom. The molecule has 6 rings (SSSR count). The number of allylic oxidation sites excluding steroid dienone is 2. The molecule has 0 aliphatic heterocycles. The number of aliphatic hydroxyl groups excluding tert-OH is 1. The summed E-state index contributed by atoms with van der Waals surface area (Å²) in [5, 5.41) is 12.8. The van der Waals surface area contributed by atoms with Crippen LogP contribution in [0.5, 0.6) is 0 Å². The van der Waals surface area contributed by atoms with E-state index < -0.39 is 0 Å². The number of furan rings is 1. The third-order valence-corrected chi connectivity index (χ3v) is 6.18. The van der Waals surface area contributed by atoms with Gasteiger partial charge >= 0.3 is 0 Å². The molecule has 6 heteroatoms. The molecule has 39 heavy (non-hydrogen) atoms. The maximum atomic E-state index is 14.3. The van der Waals surface area contributed by atoms with Crippen LogP contribution in [0.2, 0.25) is 0 Å². The van der Waals surface area contributed by atoms with Crippen molar-refractivity contribution in [3.63, 3.8) is 0 Å². The Kier molecular flexibility index (Phi) is 8.39. The first-order valence-corrected chi connectivity index (χ1v) is 12.2. The maximum Gasteiger partial charge on any atom is 0.155 e. The number of nitrogens with zero attached hydrogens (tertiary/aromatic N) is 1. The van der Waals surface area contributed by atoms with Gasteiger partial charge in [0.25, 0.3) is 0 Å². The molecule has 4 nitrogen and oxygen atoms in total. The van der Waals surface area contributed by atoms with E-state index in [1.807, 2.05) is 55.5 Å². The van der Waals surface area contributed by atoms with Crippen LogP contribution >= 0.6 is 0 Å². The smallest absolute Gasteiger partial charge is 0.155 e. The first kappa shape index (κ1) is 27.9. The van der Waals surface area contributed by atoms with Crippen molar-refractivity contribution in [3.05, 3.63) is 115 Å². The van der Waals surface area contributed by atoms with Gasteiger partial charge in [-0.25, -0.2) is 4.39 Å². The van der Waals surface area contributed by atoms with Gasteiger partial charge in [0.1, 0.15) is 5.82 Å². The predicted molar refractivity (Wildman–Crippen MR) is 150 cm³/mol. The Hall–Kier alpha value is -4.12. The van der Waals surface area contributed by atoms with Crippen LogP contribution in [-0.4, -0.2) is 15.9 Å². The summed E-state index contributed by atoms with van der Waals surface area (Å²) in [5.41, 5.74) is 4.54. The van der Waals surface area contributed by atoms with Crippen LogP contribution in [0.4, 0.5) is 4.39 Å². The zero-order valence-corrected chi connectivity index (χ0v) is 24.0. The normalized spacial score (nSPS) is 11.2. The van der Waals surface area contributed by atoms with E-state index >= 15 is 0 Å². The molecule has 4 aromatic carbocycles. The number of fused-ring (bicyclic) bond motifs is 4. The average Bonchev–Trinajstić information content (AvgIpc) is 3.28. The number of aromatic nitrogens is 1. The van der Waals surface area contributed by atoms with Crippen LogP contribution in [0, 0.1) is 18.8 Å². The summed E-state index contributed by atoms with van der Waals surface area (Å²) in [6, 6.07) is 28.7. The summed E-state index contributed by atoms with van der Waals surface area (Å²) in [5.74, 6) is 0.559. The number of benzene rings is 4. The van der Waals surface area contributed by atoms with Crippen LogP contribution < -0.4 is 0 Å². The fraction of sp³-hybridized carbons (Fsp3) is 0.0909. The Morgan fingerprint density at radius 2 is 1.62 bits per heavy atom. The summed E-state index contributed by atoms with van der Waals surface area (Å²) in [6.07, 6.45) is 2.94. The largest absolute Gasteiger partial charge is 0.512 e. The number of halogens is 1. The van der Waals surface area contributed by atoms with Crippen LogP contribution in [0.3, 0.4) is 0 Å². The molecular formula is C33H25FIrNO3-. The van der Waals surface area contributed by atoms with Crippen molar-refractivity contribution in [2.75, 3.05) is 0 Å². The third kappa shape index (κ3) is 5.83. The zero-order valence-electron chi connectivity index (χ0n) is 21.6. The van der Waals surface area contributed by atoms with E-state index in [1.54, 1.807) is 12.3 Å². The van der Waals surface area contributed by atoms with E-state index in [2.05, 4.69) is 29.2 Å². The SMILES string of the molecule is CC(=O)/C=C(/C)O.Cc1cc2c(-c3ccccc3)cc(-c3nccc4c3ccc3c(F)cccc34)[c-]c2o1.[Ir]. The molecule has 197 valence electrons. The fourth-order valence-electron chi connectivity index (χ4n) is 4.67. The van der Waals surface area contributed by atoms with Crippen LogP contribution in [0.25, 0.3) is 54.9 Å². The average molecular weight is 695 g/mol. The van der Waals surface area contributed by atoms with Gasteiger partial charge in [-0.1, -0.05) is 77.7 Å². The van der Waals surface area contributed by atoms with Crippen molar-refractivity contribution in [1.29, 1.82) is 0 Å². The molecule has 0 atom stereocenters. The number of carbonyl (C=O) groups is 1. The van der Waals surface area contributed by atoms with Crippen molar-refractivity contribution >= 4 is 38.3 Å². The second-order valence-electron chi connectivity index (χ2n) is 9.11. The Bertz CT molecular complexity index is 1840. The minimum absolute atomic E-state index is 0. The van der Waals surface area contributed by atoms with Gasteiger partial charge in [-0.2, -0.15) is 0 Å². The van der Waals surface area contributed by atoms with E-state index in [1.165, 1.54) is 26.0 Å². The summed E-state index contributed by atoms with van der Waals surface area (Å²) in [6.45, 7) is 4.79. The van der Waals surface area contributed by atoms with Gasteiger partial charge in [0.15, 0.2) is 5.78 Å². The summed E-state index contributed by atoms with van der Waals surface area (Å²) < 4.78 is 20.3. The van der Waals surface area contributed by atoms with Crippen LogP contribution in [-0.2, 0) is 24.9 Å². The number of ketones is 1. The first-order chi connectivity index (χ1) is 18.3. The Balaban J connectivity index is 0.000000394. The number of carbonyl (C=O) groups excluding carboxylic acids is 1. The van der Waals surface area contributed by atoms with Crippen molar-refractivity contribution in [2.24, 2.45) is 0 Å². The fourth-order valence-corrected chi connectivity index (χ4v) is 4.67. The van der Waals surface area contributed by atoms with Gasteiger partial charge in [0.2, 0.25) is 0 Å². The number of aliphatic hydroxyl groups is 1. The van der Waals surface area contributed by atoms with E-state index in [0.29, 0.717) is 11.0 Å².